The van der Waals surface area contributed by atoms with Gasteiger partial charge in [0.1, 0.15) is 6.10 Å². The smallest absolute Gasteiger partial charge is 0.306 e. The first kappa shape index (κ1) is 42.9. The van der Waals surface area contributed by atoms with Gasteiger partial charge in [-0.25, -0.2) is 0 Å². The standard InChI is InChI=1S/C40H76O4/c1-3-5-7-9-11-13-15-17-19-20-21-22-24-26-28-30-32-34-36-43-38-39(37-41)44-40(42)35-33-31-29-27-25-23-18-16-14-12-10-8-6-4-2/h16-19,39,41H,3-15,20-38H2,1-2H3/b18-16-,19-17-. The number of aliphatic hydroxyl groups is 1. The van der Waals surface area contributed by atoms with E-state index >= 15 is 0 Å². The van der Waals surface area contributed by atoms with E-state index in [1.165, 1.54) is 161 Å². The highest BCUT2D eigenvalue weighted by atomic mass is 16.6. The number of esters is 1. The van der Waals surface area contributed by atoms with Crippen LogP contribution in [0.2, 0.25) is 0 Å². The molecular weight excluding hydrogens is 544 g/mol. The van der Waals surface area contributed by atoms with Gasteiger partial charge in [0.2, 0.25) is 0 Å². The van der Waals surface area contributed by atoms with Crippen LogP contribution in [0.4, 0.5) is 0 Å². The van der Waals surface area contributed by atoms with Crippen molar-refractivity contribution < 1.29 is 19.4 Å². The Hall–Kier alpha value is -1.13. The highest BCUT2D eigenvalue weighted by Crippen LogP contribution is 2.13. The summed E-state index contributed by atoms with van der Waals surface area (Å²) in [6.45, 7) is 5.33. The lowest BCUT2D eigenvalue weighted by atomic mass is 10.1. The van der Waals surface area contributed by atoms with Crippen LogP contribution >= 0.6 is 0 Å². The van der Waals surface area contributed by atoms with Crippen LogP contribution < -0.4 is 0 Å². The maximum absolute atomic E-state index is 12.1. The fourth-order valence-corrected chi connectivity index (χ4v) is 5.55. The molecule has 0 aliphatic heterocycles. The lowest BCUT2D eigenvalue weighted by molar-refractivity contribution is -0.154. The third-order valence-corrected chi connectivity index (χ3v) is 8.50. The van der Waals surface area contributed by atoms with Gasteiger partial charge in [0, 0.05) is 13.0 Å². The Morgan fingerprint density at radius 1 is 0.523 bits per heavy atom. The summed E-state index contributed by atoms with van der Waals surface area (Å²) in [4.78, 5) is 12.1. The van der Waals surface area contributed by atoms with Crippen molar-refractivity contribution in [2.45, 2.75) is 206 Å². The average molecular weight is 621 g/mol. The van der Waals surface area contributed by atoms with E-state index in [-0.39, 0.29) is 12.6 Å². The van der Waals surface area contributed by atoms with Gasteiger partial charge in [0.05, 0.1) is 13.2 Å². The predicted octanol–water partition coefficient (Wildman–Crippen LogP) is 12.4. The predicted molar refractivity (Wildman–Crippen MR) is 191 cm³/mol. The van der Waals surface area contributed by atoms with Crippen LogP contribution in [0, 0.1) is 0 Å². The van der Waals surface area contributed by atoms with Crippen molar-refractivity contribution in [3.8, 4) is 0 Å². The third kappa shape index (κ3) is 35.4. The molecule has 0 aromatic rings. The molecule has 4 heteroatoms. The summed E-state index contributed by atoms with van der Waals surface area (Å²) in [5, 5.41) is 9.56. The van der Waals surface area contributed by atoms with Gasteiger partial charge in [-0.1, -0.05) is 154 Å². The molecule has 1 atom stereocenters. The zero-order chi connectivity index (χ0) is 32.0. The van der Waals surface area contributed by atoms with Crippen molar-refractivity contribution in [2.75, 3.05) is 19.8 Å². The van der Waals surface area contributed by atoms with Crippen LogP contribution in [0.3, 0.4) is 0 Å². The molecule has 0 radical (unpaired) electrons. The number of unbranched alkanes of at least 4 members (excludes halogenated alkanes) is 24. The summed E-state index contributed by atoms with van der Waals surface area (Å²) in [7, 11) is 0. The molecule has 0 saturated heterocycles. The van der Waals surface area contributed by atoms with Crippen LogP contribution in [-0.4, -0.2) is 37.0 Å². The molecule has 0 aromatic heterocycles. The van der Waals surface area contributed by atoms with Crippen LogP contribution in [0.25, 0.3) is 0 Å². The maximum Gasteiger partial charge on any atom is 0.306 e. The van der Waals surface area contributed by atoms with Gasteiger partial charge in [-0.15, -0.1) is 0 Å². The van der Waals surface area contributed by atoms with E-state index in [0.717, 1.165) is 19.3 Å². The highest BCUT2D eigenvalue weighted by Gasteiger charge is 2.13. The minimum absolute atomic E-state index is 0.174. The first-order valence-corrected chi connectivity index (χ1v) is 19.4. The summed E-state index contributed by atoms with van der Waals surface area (Å²) in [6.07, 6.45) is 45.1. The van der Waals surface area contributed by atoms with Gasteiger partial charge < -0.3 is 14.6 Å². The number of hydrogen-bond donors (Lipinski definition) is 1. The van der Waals surface area contributed by atoms with Crippen LogP contribution in [-0.2, 0) is 14.3 Å². The molecule has 260 valence electrons. The number of allylic oxidation sites excluding steroid dienone is 4. The van der Waals surface area contributed by atoms with E-state index in [9.17, 15) is 9.90 Å². The van der Waals surface area contributed by atoms with E-state index in [1.54, 1.807) is 0 Å². The molecule has 44 heavy (non-hydrogen) atoms. The number of carbonyl (C=O) groups excluding carboxylic acids is 1. The summed E-state index contributed by atoms with van der Waals surface area (Å²) in [5.41, 5.74) is 0. The first-order chi connectivity index (χ1) is 21.7. The maximum atomic E-state index is 12.1. The Kier molecular flexibility index (Phi) is 37.1. The largest absolute Gasteiger partial charge is 0.457 e. The molecule has 0 aliphatic rings. The number of hydrogen-bond acceptors (Lipinski definition) is 4. The zero-order valence-corrected chi connectivity index (χ0v) is 29.7. The normalized spacial score (nSPS) is 12.5. The van der Waals surface area contributed by atoms with E-state index in [2.05, 4.69) is 38.2 Å². The summed E-state index contributed by atoms with van der Waals surface area (Å²) in [5.74, 6) is -0.210. The molecule has 0 bridgehead atoms. The SMILES string of the molecule is CCCCCCC/C=C\CCCCCCCC(=O)OC(CO)COCCCCCCCCCC/C=C\CCCCCCCC. The summed E-state index contributed by atoms with van der Waals surface area (Å²) >= 11 is 0. The number of aliphatic hydroxyl groups excluding tert-OH is 1. The minimum Gasteiger partial charge on any atom is -0.457 e. The Morgan fingerprint density at radius 2 is 0.886 bits per heavy atom. The van der Waals surface area contributed by atoms with Gasteiger partial charge in [-0.2, -0.15) is 0 Å². The van der Waals surface area contributed by atoms with E-state index in [4.69, 9.17) is 9.47 Å². The molecule has 0 saturated carbocycles. The second-order valence-corrected chi connectivity index (χ2v) is 13.0. The third-order valence-electron chi connectivity index (χ3n) is 8.50. The van der Waals surface area contributed by atoms with Crippen molar-refractivity contribution >= 4 is 5.97 Å². The number of ether oxygens (including phenoxy) is 2. The van der Waals surface area contributed by atoms with Crippen molar-refractivity contribution in [2.24, 2.45) is 0 Å². The monoisotopic (exact) mass is 621 g/mol. The zero-order valence-electron chi connectivity index (χ0n) is 29.7. The molecule has 0 fully saturated rings. The number of carbonyl (C=O) groups is 1. The van der Waals surface area contributed by atoms with Gasteiger partial charge >= 0.3 is 5.97 Å². The highest BCUT2D eigenvalue weighted by molar-refractivity contribution is 5.69. The van der Waals surface area contributed by atoms with Crippen molar-refractivity contribution in [1.82, 2.24) is 0 Å². The van der Waals surface area contributed by atoms with E-state index in [1.807, 2.05) is 0 Å². The molecule has 1 N–H and O–H groups in total. The summed E-state index contributed by atoms with van der Waals surface area (Å²) < 4.78 is 11.1. The summed E-state index contributed by atoms with van der Waals surface area (Å²) in [6, 6.07) is 0. The Morgan fingerprint density at radius 3 is 1.30 bits per heavy atom. The number of rotatable bonds is 36. The van der Waals surface area contributed by atoms with E-state index in [0.29, 0.717) is 19.6 Å². The lowest BCUT2D eigenvalue weighted by Crippen LogP contribution is -2.27. The first-order valence-electron chi connectivity index (χ1n) is 19.4. The molecule has 0 rings (SSSR count). The van der Waals surface area contributed by atoms with Crippen LogP contribution in [0.1, 0.15) is 200 Å². The van der Waals surface area contributed by atoms with E-state index < -0.39 is 6.10 Å². The molecule has 0 spiro atoms. The Bertz CT molecular complexity index is 614. The fourth-order valence-electron chi connectivity index (χ4n) is 5.55. The Balaban J connectivity index is 3.43. The molecule has 0 aromatic carbocycles. The quantitative estimate of drug-likeness (QED) is 0.0430. The lowest BCUT2D eigenvalue weighted by Gasteiger charge is -2.15. The van der Waals surface area contributed by atoms with Gasteiger partial charge in [-0.05, 0) is 64.2 Å². The minimum atomic E-state index is -0.536. The van der Waals surface area contributed by atoms with Crippen molar-refractivity contribution in [1.29, 1.82) is 0 Å². The molecule has 0 aliphatic carbocycles. The second-order valence-electron chi connectivity index (χ2n) is 13.0. The van der Waals surface area contributed by atoms with Crippen molar-refractivity contribution in [3.63, 3.8) is 0 Å². The molecule has 0 amide bonds. The van der Waals surface area contributed by atoms with Crippen LogP contribution in [0.15, 0.2) is 24.3 Å². The second kappa shape index (κ2) is 38.1. The van der Waals surface area contributed by atoms with Gasteiger partial charge in [-0.3, -0.25) is 4.79 Å². The molecule has 1 unspecified atom stereocenters. The topological polar surface area (TPSA) is 55.8 Å². The fraction of sp³-hybridized carbons (Fsp3) is 0.875. The molecule has 0 heterocycles. The average Bonchev–Trinajstić information content (AvgIpc) is 3.03. The van der Waals surface area contributed by atoms with Crippen molar-refractivity contribution in [3.05, 3.63) is 24.3 Å². The van der Waals surface area contributed by atoms with Crippen LogP contribution in [0.5, 0.6) is 0 Å². The molecular formula is C40H76O4. The van der Waals surface area contributed by atoms with Gasteiger partial charge in [0.15, 0.2) is 0 Å². The molecule has 4 nitrogen and oxygen atoms in total. The Labute approximate surface area is 275 Å². The van der Waals surface area contributed by atoms with Gasteiger partial charge in [0.25, 0.3) is 0 Å².